The van der Waals surface area contributed by atoms with Gasteiger partial charge in [0.2, 0.25) is 0 Å². The SMILES string of the molecule is CC.CC.CC(C)(C)c1cccc(C=N)c1O.CCC.CCNC.CNC. The lowest BCUT2D eigenvalue weighted by Crippen LogP contribution is -2.11. The quantitative estimate of drug-likeness (QED) is 0.457. The molecule has 1 aromatic carbocycles. The van der Waals surface area contributed by atoms with Crippen LogP contribution < -0.4 is 10.6 Å². The molecule has 4 N–H and O–H groups in total. The third kappa shape index (κ3) is 26.9. The van der Waals surface area contributed by atoms with Crippen LogP contribution in [0.1, 0.15) is 86.8 Å². The van der Waals surface area contributed by atoms with Crippen LogP contribution in [0.2, 0.25) is 0 Å². The minimum Gasteiger partial charge on any atom is -0.507 e. The minimum absolute atomic E-state index is 0.0803. The van der Waals surface area contributed by atoms with Crippen LogP contribution in [0.15, 0.2) is 18.2 Å². The molecule has 4 nitrogen and oxygen atoms in total. The van der Waals surface area contributed by atoms with Gasteiger partial charge in [-0.3, -0.25) is 0 Å². The van der Waals surface area contributed by atoms with Crippen molar-refractivity contribution < 1.29 is 5.11 Å². The lowest BCUT2D eigenvalue weighted by molar-refractivity contribution is 0.446. The molecule has 27 heavy (non-hydrogen) atoms. The number of benzene rings is 1. The molecule has 4 heteroatoms. The van der Waals surface area contributed by atoms with Crippen LogP contribution in [0.25, 0.3) is 0 Å². The van der Waals surface area contributed by atoms with E-state index < -0.39 is 0 Å². The van der Waals surface area contributed by atoms with E-state index in [1.54, 1.807) is 6.07 Å². The number of hydrogen-bond acceptors (Lipinski definition) is 4. The second kappa shape index (κ2) is 29.4. The highest BCUT2D eigenvalue weighted by molar-refractivity contribution is 5.82. The van der Waals surface area contributed by atoms with Gasteiger partial charge in [-0.25, -0.2) is 0 Å². The summed E-state index contributed by atoms with van der Waals surface area (Å²) < 4.78 is 0. The number of rotatable bonds is 2. The minimum atomic E-state index is -0.0803. The first-order chi connectivity index (χ1) is 12.7. The summed E-state index contributed by atoms with van der Waals surface area (Å²) >= 11 is 0. The Morgan fingerprint density at radius 2 is 1.30 bits per heavy atom. The van der Waals surface area contributed by atoms with Gasteiger partial charge in [-0.15, -0.1) is 0 Å². The van der Waals surface area contributed by atoms with E-state index >= 15 is 0 Å². The van der Waals surface area contributed by atoms with E-state index in [1.807, 2.05) is 81.7 Å². The van der Waals surface area contributed by atoms with Crippen molar-refractivity contribution in [2.45, 2.75) is 81.1 Å². The molecule has 0 bridgehead atoms. The van der Waals surface area contributed by atoms with Gasteiger partial charge in [0.05, 0.1) is 0 Å². The molecule has 0 aliphatic carbocycles. The first kappa shape index (κ1) is 36.5. The molecule has 0 unspecified atom stereocenters. The zero-order valence-corrected chi connectivity index (χ0v) is 20.7. The van der Waals surface area contributed by atoms with Crippen molar-refractivity contribution in [2.75, 3.05) is 27.7 Å². The van der Waals surface area contributed by atoms with E-state index in [2.05, 4.69) is 31.4 Å². The summed E-state index contributed by atoms with van der Waals surface area (Å²) in [6, 6.07) is 5.49. The molecule has 1 rings (SSSR count). The standard InChI is InChI=1S/C11H15NO.C3H9N.C3H8.C2H7N.2C2H6/c1-11(2,3)9-6-4-5-8(7-12)10(9)13;1-3-4-2;2*1-3-2;2*1-2/h4-7,12-13H,1-3H3;4H,3H2,1-2H3;3H2,1-2H3;3H,1-2H3;2*1-2H3. The molecule has 0 fully saturated rings. The highest BCUT2D eigenvalue weighted by Gasteiger charge is 2.18. The Kier molecular flexibility index (Phi) is 39.7. The van der Waals surface area contributed by atoms with Gasteiger partial charge >= 0.3 is 0 Å². The van der Waals surface area contributed by atoms with Crippen LogP contribution in [-0.2, 0) is 5.41 Å². The van der Waals surface area contributed by atoms with Crippen molar-refractivity contribution >= 4 is 6.21 Å². The molecule has 0 heterocycles. The summed E-state index contributed by atoms with van der Waals surface area (Å²) in [6.07, 6.45) is 2.42. The van der Waals surface area contributed by atoms with Gasteiger partial charge in [0.1, 0.15) is 5.75 Å². The van der Waals surface area contributed by atoms with Crippen molar-refractivity contribution in [3.05, 3.63) is 29.3 Å². The van der Waals surface area contributed by atoms with E-state index in [1.165, 1.54) is 12.6 Å². The highest BCUT2D eigenvalue weighted by Crippen LogP contribution is 2.32. The van der Waals surface area contributed by atoms with Gasteiger partial charge < -0.3 is 21.1 Å². The predicted octanol–water partition coefficient (Wildman–Crippen LogP) is 6.22. The van der Waals surface area contributed by atoms with Crippen molar-refractivity contribution in [3.63, 3.8) is 0 Å². The molecule has 0 atom stereocenters. The average Bonchev–Trinajstić information content (AvgIpc) is 2.66. The molecule has 0 radical (unpaired) electrons. The van der Waals surface area contributed by atoms with Gasteiger partial charge in [-0.2, -0.15) is 0 Å². The topological polar surface area (TPSA) is 68.1 Å². The number of aromatic hydroxyl groups is 1. The number of hydrogen-bond donors (Lipinski definition) is 4. The van der Waals surface area contributed by atoms with Gasteiger partial charge in [0.25, 0.3) is 0 Å². The average molecular weight is 386 g/mol. The summed E-state index contributed by atoms with van der Waals surface area (Å²) in [7, 11) is 5.68. The number of nitrogens with one attached hydrogen (secondary N) is 3. The van der Waals surface area contributed by atoms with E-state index in [9.17, 15) is 5.11 Å². The first-order valence-electron chi connectivity index (χ1n) is 10.3. The fourth-order valence-corrected chi connectivity index (χ4v) is 1.28. The van der Waals surface area contributed by atoms with Gasteiger partial charge in [0.15, 0.2) is 0 Å². The van der Waals surface area contributed by atoms with E-state index in [0.29, 0.717) is 5.56 Å². The normalized spacial score (nSPS) is 8.33. The highest BCUT2D eigenvalue weighted by atomic mass is 16.3. The maximum atomic E-state index is 9.77. The molecule has 0 aliphatic rings. The Labute approximate surface area is 171 Å². The lowest BCUT2D eigenvalue weighted by atomic mass is 9.85. The molecular formula is C23H51N3O. The van der Waals surface area contributed by atoms with Gasteiger partial charge in [-0.1, -0.05) is 87.8 Å². The van der Waals surface area contributed by atoms with Gasteiger partial charge in [-0.05, 0) is 44.7 Å². The molecule has 0 spiro atoms. The zero-order chi connectivity index (χ0) is 22.9. The van der Waals surface area contributed by atoms with Crippen molar-refractivity contribution in [1.82, 2.24) is 10.6 Å². The Morgan fingerprint density at radius 3 is 1.52 bits per heavy atom. The maximum Gasteiger partial charge on any atom is 0.128 e. The predicted molar refractivity (Wildman–Crippen MR) is 128 cm³/mol. The number of para-hydroxylation sites is 1. The van der Waals surface area contributed by atoms with Crippen LogP contribution in [0.4, 0.5) is 0 Å². The first-order valence-corrected chi connectivity index (χ1v) is 10.3. The summed E-state index contributed by atoms with van der Waals surface area (Å²) in [4.78, 5) is 0. The molecule has 0 aliphatic heterocycles. The molecular weight excluding hydrogens is 334 g/mol. The Bertz CT molecular complexity index is 382. The van der Waals surface area contributed by atoms with Crippen LogP contribution in [0, 0.1) is 5.41 Å². The second-order valence-corrected chi connectivity index (χ2v) is 6.05. The summed E-state index contributed by atoms with van der Waals surface area (Å²) in [6.45, 7) is 21.5. The van der Waals surface area contributed by atoms with Crippen molar-refractivity contribution in [1.29, 1.82) is 5.41 Å². The molecule has 0 amide bonds. The smallest absolute Gasteiger partial charge is 0.128 e. The fraction of sp³-hybridized carbons (Fsp3) is 0.696. The zero-order valence-electron chi connectivity index (χ0n) is 20.7. The van der Waals surface area contributed by atoms with E-state index in [0.717, 1.165) is 12.1 Å². The summed E-state index contributed by atoms with van der Waals surface area (Å²) in [5.74, 6) is 0.227. The Morgan fingerprint density at radius 1 is 0.963 bits per heavy atom. The van der Waals surface area contributed by atoms with Crippen LogP contribution in [0.3, 0.4) is 0 Å². The maximum absolute atomic E-state index is 9.77. The second-order valence-electron chi connectivity index (χ2n) is 6.05. The third-order valence-electron chi connectivity index (χ3n) is 2.38. The van der Waals surface area contributed by atoms with Crippen molar-refractivity contribution in [2.24, 2.45) is 0 Å². The largest absolute Gasteiger partial charge is 0.507 e. The van der Waals surface area contributed by atoms with Crippen molar-refractivity contribution in [3.8, 4) is 5.75 Å². The van der Waals surface area contributed by atoms with Gasteiger partial charge in [0, 0.05) is 11.8 Å². The molecule has 164 valence electrons. The monoisotopic (exact) mass is 385 g/mol. The number of phenolic OH excluding ortho intramolecular Hbond substituents is 1. The summed E-state index contributed by atoms with van der Waals surface area (Å²) in [5, 5.41) is 22.6. The molecule has 0 aromatic heterocycles. The molecule has 0 saturated carbocycles. The Balaban J connectivity index is -0.0000000957. The lowest BCUT2D eigenvalue weighted by Gasteiger charge is -2.20. The molecule has 1 aromatic rings. The fourth-order valence-electron chi connectivity index (χ4n) is 1.28. The number of phenols is 1. The molecule has 0 saturated heterocycles. The van der Waals surface area contributed by atoms with Crippen LogP contribution in [0.5, 0.6) is 5.75 Å². The van der Waals surface area contributed by atoms with E-state index in [4.69, 9.17) is 5.41 Å². The van der Waals surface area contributed by atoms with Crippen LogP contribution in [-0.4, -0.2) is 39.0 Å². The third-order valence-corrected chi connectivity index (χ3v) is 2.38. The Hall–Kier alpha value is -1.39. The summed E-state index contributed by atoms with van der Waals surface area (Å²) in [5.41, 5.74) is 1.38. The van der Waals surface area contributed by atoms with Crippen LogP contribution >= 0.6 is 0 Å². The van der Waals surface area contributed by atoms with E-state index in [-0.39, 0.29) is 11.2 Å².